The van der Waals surface area contributed by atoms with Crippen LogP contribution in [0.25, 0.3) is 0 Å². The Morgan fingerprint density at radius 1 is 1.43 bits per heavy atom. The number of nitrogens with two attached hydrogens (primary N) is 1. The molecule has 1 aliphatic rings. The molecule has 110 valence electrons. The first-order valence-corrected chi connectivity index (χ1v) is 7.25. The molecule has 0 spiro atoms. The van der Waals surface area contributed by atoms with Gasteiger partial charge < -0.3 is 15.2 Å². The molecular weight excluding hydrogens is 288 g/mol. The summed E-state index contributed by atoms with van der Waals surface area (Å²) < 4.78 is 2.25. The fraction of sp³-hybridized carbons (Fsp3) is 0.333. The fourth-order valence-electron chi connectivity index (χ4n) is 2.88. The zero-order valence-electron chi connectivity index (χ0n) is 12.0. The number of carbonyl (C=O) groups is 1. The van der Waals surface area contributed by atoms with Crippen LogP contribution in [0, 0.1) is 6.92 Å². The highest BCUT2D eigenvalue weighted by atomic mass is 35.5. The van der Waals surface area contributed by atoms with E-state index in [-0.39, 0.29) is 17.1 Å². The SMILES string of the molecule is Cc1ccc2n1CCN(C(=O)c1cc(Cl)ncc1N)C2C. The van der Waals surface area contributed by atoms with Crippen LogP contribution in [0.4, 0.5) is 5.69 Å². The van der Waals surface area contributed by atoms with Gasteiger partial charge in [0, 0.05) is 24.5 Å². The number of rotatable bonds is 1. The van der Waals surface area contributed by atoms with Crippen molar-refractivity contribution >= 4 is 23.2 Å². The molecule has 0 saturated carbocycles. The lowest BCUT2D eigenvalue weighted by Gasteiger charge is -2.35. The van der Waals surface area contributed by atoms with Crippen molar-refractivity contribution in [2.24, 2.45) is 0 Å². The van der Waals surface area contributed by atoms with Crippen LogP contribution in [-0.2, 0) is 6.54 Å². The van der Waals surface area contributed by atoms with E-state index in [0.717, 1.165) is 12.2 Å². The number of anilines is 1. The molecule has 5 nitrogen and oxygen atoms in total. The van der Waals surface area contributed by atoms with E-state index in [0.29, 0.717) is 17.8 Å². The number of halogens is 1. The van der Waals surface area contributed by atoms with Crippen molar-refractivity contribution in [2.75, 3.05) is 12.3 Å². The molecule has 1 aliphatic heterocycles. The number of aryl methyl sites for hydroxylation is 1. The van der Waals surface area contributed by atoms with Gasteiger partial charge in [0.2, 0.25) is 0 Å². The minimum atomic E-state index is -0.102. The quantitative estimate of drug-likeness (QED) is 0.824. The van der Waals surface area contributed by atoms with E-state index < -0.39 is 0 Å². The molecule has 21 heavy (non-hydrogen) atoms. The zero-order chi connectivity index (χ0) is 15.1. The van der Waals surface area contributed by atoms with Crippen molar-refractivity contribution in [3.63, 3.8) is 0 Å². The van der Waals surface area contributed by atoms with Crippen molar-refractivity contribution < 1.29 is 4.79 Å². The Labute approximate surface area is 128 Å². The number of fused-ring (bicyclic) bond motifs is 1. The van der Waals surface area contributed by atoms with E-state index in [9.17, 15) is 4.79 Å². The molecule has 1 unspecified atom stereocenters. The minimum absolute atomic E-state index is 0.00582. The lowest BCUT2D eigenvalue weighted by molar-refractivity contribution is 0.0644. The summed E-state index contributed by atoms with van der Waals surface area (Å²) in [7, 11) is 0. The fourth-order valence-corrected chi connectivity index (χ4v) is 3.04. The van der Waals surface area contributed by atoms with Crippen molar-refractivity contribution in [1.29, 1.82) is 0 Å². The maximum absolute atomic E-state index is 12.8. The molecule has 0 bridgehead atoms. The van der Waals surface area contributed by atoms with Gasteiger partial charge in [-0.25, -0.2) is 4.98 Å². The van der Waals surface area contributed by atoms with Gasteiger partial charge in [-0.15, -0.1) is 0 Å². The van der Waals surface area contributed by atoms with Gasteiger partial charge in [-0.3, -0.25) is 4.79 Å². The van der Waals surface area contributed by atoms with Gasteiger partial charge in [0.1, 0.15) is 5.15 Å². The van der Waals surface area contributed by atoms with E-state index in [2.05, 4.69) is 28.6 Å². The Morgan fingerprint density at radius 3 is 2.95 bits per heavy atom. The summed E-state index contributed by atoms with van der Waals surface area (Å²) in [5.74, 6) is -0.102. The molecule has 6 heteroatoms. The van der Waals surface area contributed by atoms with Crippen molar-refractivity contribution in [1.82, 2.24) is 14.5 Å². The highest BCUT2D eigenvalue weighted by Gasteiger charge is 2.30. The minimum Gasteiger partial charge on any atom is -0.397 e. The number of hydrogen-bond acceptors (Lipinski definition) is 3. The van der Waals surface area contributed by atoms with E-state index in [1.807, 2.05) is 11.8 Å². The van der Waals surface area contributed by atoms with Crippen LogP contribution in [0.1, 0.15) is 34.7 Å². The third-order valence-corrected chi connectivity index (χ3v) is 4.29. The molecule has 0 radical (unpaired) electrons. The molecule has 0 fully saturated rings. The summed E-state index contributed by atoms with van der Waals surface area (Å²) in [5.41, 5.74) is 9.00. The standard InChI is InChI=1S/C15H17ClN4O/c1-9-3-4-13-10(2)20(6-5-19(9)13)15(21)11-7-14(16)18-8-12(11)17/h3-4,7-8,10H,5-6,17H2,1-2H3. The normalized spacial score (nSPS) is 17.7. The Kier molecular flexibility index (Phi) is 3.37. The molecular formula is C15H17ClN4O. The number of hydrogen-bond donors (Lipinski definition) is 1. The molecule has 2 aromatic heterocycles. The van der Waals surface area contributed by atoms with E-state index in [1.54, 1.807) is 0 Å². The lowest BCUT2D eigenvalue weighted by Crippen LogP contribution is -2.41. The summed E-state index contributed by atoms with van der Waals surface area (Å²) in [6.45, 7) is 5.56. The predicted octanol–water partition coefficient (Wildman–Crippen LogP) is 2.64. The zero-order valence-corrected chi connectivity index (χ0v) is 12.8. The molecule has 1 amide bonds. The maximum Gasteiger partial charge on any atom is 0.256 e. The first-order valence-electron chi connectivity index (χ1n) is 6.87. The van der Waals surface area contributed by atoms with Crippen LogP contribution < -0.4 is 5.73 Å². The second-order valence-corrected chi connectivity index (χ2v) is 5.71. The first kappa shape index (κ1) is 13.9. The van der Waals surface area contributed by atoms with E-state index in [1.165, 1.54) is 18.0 Å². The second-order valence-electron chi connectivity index (χ2n) is 5.32. The number of nitrogens with zero attached hydrogens (tertiary/aromatic N) is 3. The second kappa shape index (κ2) is 5.07. The van der Waals surface area contributed by atoms with Crippen LogP contribution >= 0.6 is 11.6 Å². The summed E-state index contributed by atoms with van der Waals surface area (Å²) >= 11 is 5.88. The number of nitrogen functional groups attached to an aromatic ring is 1. The first-order chi connectivity index (χ1) is 9.99. The molecule has 0 saturated heterocycles. The van der Waals surface area contributed by atoms with Gasteiger partial charge in [0.15, 0.2) is 0 Å². The number of aromatic nitrogens is 2. The topological polar surface area (TPSA) is 64.2 Å². The Hall–Kier alpha value is -2.01. The van der Waals surface area contributed by atoms with E-state index >= 15 is 0 Å². The van der Waals surface area contributed by atoms with Gasteiger partial charge >= 0.3 is 0 Å². The molecule has 3 heterocycles. The Morgan fingerprint density at radius 2 is 2.19 bits per heavy atom. The highest BCUT2D eigenvalue weighted by molar-refractivity contribution is 6.29. The van der Waals surface area contributed by atoms with Crippen LogP contribution in [-0.4, -0.2) is 26.9 Å². The van der Waals surface area contributed by atoms with Crippen molar-refractivity contribution in [3.8, 4) is 0 Å². The molecule has 1 atom stereocenters. The summed E-state index contributed by atoms with van der Waals surface area (Å²) in [5, 5.41) is 0.274. The molecule has 0 aromatic carbocycles. The van der Waals surface area contributed by atoms with Crippen LogP contribution in [0.2, 0.25) is 5.15 Å². The predicted molar refractivity (Wildman–Crippen MR) is 82.3 cm³/mol. The molecule has 2 N–H and O–H groups in total. The third kappa shape index (κ3) is 2.27. The summed E-state index contributed by atoms with van der Waals surface area (Å²) in [4.78, 5) is 18.5. The Bertz CT molecular complexity index is 710. The van der Waals surface area contributed by atoms with Gasteiger partial charge in [-0.1, -0.05) is 11.6 Å². The molecule has 0 aliphatic carbocycles. The largest absolute Gasteiger partial charge is 0.397 e. The van der Waals surface area contributed by atoms with Crippen molar-refractivity contribution in [3.05, 3.63) is 46.5 Å². The lowest BCUT2D eigenvalue weighted by atomic mass is 10.1. The smallest absolute Gasteiger partial charge is 0.256 e. The van der Waals surface area contributed by atoms with Gasteiger partial charge in [0.25, 0.3) is 5.91 Å². The summed E-state index contributed by atoms with van der Waals surface area (Å²) in [6, 6.07) is 5.69. The average molecular weight is 305 g/mol. The summed E-state index contributed by atoms with van der Waals surface area (Å²) in [6.07, 6.45) is 1.43. The Balaban J connectivity index is 1.95. The third-order valence-electron chi connectivity index (χ3n) is 4.09. The van der Waals surface area contributed by atoms with Gasteiger partial charge in [0.05, 0.1) is 23.5 Å². The molecule has 2 aromatic rings. The van der Waals surface area contributed by atoms with Crippen LogP contribution in [0.3, 0.4) is 0 Å². The number of pyridine rings is 1. The van der Waals surface area contributed by atoms with Gasteiger partial charge in [-0.2, -0.15) is 0 Å². The van der Waals surface area contributed by atoms with Crippen molar-refractivity contribution in [2.45, 2.75) is 26.4 Å². The highest BCUT2D eigenvalue weighted by Crippen LogP contribution is 2.29. The number of amides is 1. The monoisotopic (exact) mass is 304 g/mol. The van der Waals surface area contributed by atoms with E-state index in [4.69, 9.17) is 17.3 Å². The van der Waals surface area contributed by atoms with Crippen LogP contribution in [0.5, 0.6) is 0 Å². The van der Waals surface area contributed by atoms with Crippen LogP contribution in [0.15, 0.2) is 24.4 Å². The maximum atomic E-state index is 12.8. The average Bonchev–Trinajstić information content (AvgIpc) is 2.84. The molecule has 3 rings (SSSR count). The van der Waals surface area contributed by atoms with Gasteiger partial charge in [-0.05, 0) is 32.0 Å². The number of carbonyl (C=O) groups excluding carboxylic acids is 1.